The van der Waals surface area contributed by atoms with Gasteiger partial charge < -0.3 is 23.9 Å². The zero-order valence-corrected chi connectivity index (χ0v) is 14.7. The number of hydrogen-bond acceptors (Lipinski definition) is 8. The Balaban J connectivity index is 2.36. The van der Waals surface area contributed by atoms with Crippen LogP contribution in [0.4, 0.5) is 5.69 Å². The molecule has 1 aromatic carbocycles. The van der Waals surface area contributed by atoms with Crippen LogP contribution in [-0.4, -0.2) is 32.3 Å². The smallest absolute Gasteiger partial charge is 0.360 e. The van der Waals surface area contributed by atoms with Crippen LogP contribution < -0.4 is 15.7 Å². The van der Waals surface area contributed by atoms with Gasteiger partial charge in [-0.15, -0.1) is 0 Å². The van der Waals surface area contributed by atoms with Crippen LogP contribution in [0, 0.1) is 0 Å². The van der Waals surface area contributed by atoms with E-state index >= 15 is 0 Å². The van der Waals surface area contributed by atoms with Gasteiger partial charge in [0, 0.05) is 17.7 Å². The second kappa shape index (κ2) is 8.70. The van der Waals surface area contributed by atoms with Crippen molar-refractivity contribution in [2.45, 2.75) is 13.8 Å². The number of carbonyl (C=O) groups is 2. The number of fused-ring (bicyclic) bond motifs is 1. The molecule has 0 saturated heterocycles. The summed E-state index contributed by atoms with van der Waals surface area (Å²) in [5, 5.41) is 3.25. The van der Waals surface area contributed by atoms with Crippen LogP contribution in [0.1, 0.15) is 13.8 Å². The third-order valence-corrected chi connectivity index (χ3v) is 3.31. The van der Waals surface area contributed by atoms with E-state index in [-0.39, 0.29) is 24.5 Å². The number of esters is 2. The topological polar surface area (TPSA) is 104 Å². The molecule has 8 heteroatoms. The molecule has 0 amide bonds. The molecule has 0 aliphatic rings. The van der Waals surface area contributed by atoms with Crippen LogP contribution in [-0.2, 0) is 19.1 Å². The van der Waals surface area contributed by atoms with E-state index in [1.54, 1.807) is 32.0 Å². The highest BCUT2D eigenvalue weighted by molar-refractivity contribution is 6.14. The van der Waals surface area contributed by atoms with Gasteiger partial charge in [0.1, 0.15) is 17.0 Å². The van der Waals surface area contributed by atoms with Gasteiger partial charge in [-0.3, -0.25) is 0 Å². The summed E-state index contributed by atoms with van der Waals surface area (Å²) in [6.07, 6.45) is 1.07. The van der Waals surface area contributed by atoms with Crippen molar-refractivity contribution in [2.75, 3.05) is 25.6 Å². The highest BCUT2D eigenvalue weighted by Crippen LogP contribution is 2.21. The predicted octanol–water partition coefficient (Wildman–Crippen LogP) is 2.22. The Morgan fingerprint density at radius 1 is 1.12 bits per heavy atom. The zero-order valence-electron chi connectivity index (χ0n) is 14.7. The summed E-state index contributed by atoms with van der Waals surface area (Å²) in [5.74, 6) is -1.16. The van der Waals surface area contributed by atoms with Gasteiger partial charge >= 0.3 is 17.6 Å². The molecule has 1 heterocycles. The predicted molar refractivity (Wildman–Crippen MR) is 94.0 cm³/mol. The Bertz CT molecular complexity index is 878. The maximum atomic E-state index is 12.1. The second-order valence-electron chi connectivity index (χ2n) is 4.99. The molecule has 0 radical (unpaired) electrons. The Labute approximate surface area is 149 Å². The van der Waals surface area contributed by atoms with Crippen LogP contribution in [0.2, 0.25) is 0 Å². The molecule has 8 nitrogen and oxygen atoms in total. The van der Waals surface area contributed by atoms with E-state index in [2.05, 4.69) is 5.32 Å². The van der Waals surface area contributed by atoms with Crippen LogP contribution >= 0.6 is 0 Å². The summed E-state index contributed by atoms with van der Waals surface area (Å²) in [6.45, 7) is 3.41. The molecule has 2 aromatic rings. The van der Waals surface area contributed by atoms with Gasteiger partial charge in [0.25, 0.3) is 0 Å². The molecule has 0 fully saturated rings. The fourth-order valence-corrected chi connectivity index (χ4v) is 2.09. The summed E-state index contributed by atoms with van der Waals surface area (Å²) >= 11 is 0. The Morgan fingerprint density at radius 3 is 2.35 bits per heavy atom. The summed E-state index contributed by atoms with van der Waals surface area (Å²) < 4.78 is 19.9. The number of hydrogen-bond donors (Lipinski definition) is 1. The molecule has 0 aliphatic heterocycles. The molecular weight excluding hydrogens is 342 g/mol. The maximum absolute atomic E-state index is 12.1. The van der Waals surface area contributed by atoms with Gasteiger partial charge in [0.05, 0.1) is 20.3 Å². The number of anilines is 1. The minimum atomic E-state index is -0.853. The molecule has 1 aromatic heterocycles. The molecule has 0 unspecified atom stereocenters. The molecule has 0 atom stereocenters. The van der Waals surface area contributed by atoms with E-state index in [9.17, 15) is 14.4 Å². The fourth-order valence-electron chi connectivity index (χ4n) is 2.09. The van der Waals surface area contributed by atoms with E-state index in [1.165, 1.54) is 13.2 Å². The average molecular weight is 361 g/mol. The minimum Gasteiger partial charge on any atom is -0.497 e. The lowest BCUT2D eigenvalue weighted by atomic mass is 10.2. The number of ether oxygens (including phenoxy) is 3. The van der Waals surface area contributed by atoms with E-state index < -0.39 is 17.6 Å². The zero-order chi connectivity index (χ0) is 19.1. The van der Waals surface area contributed by atoms with Crippen molar-refractivity contribution in [3.63, 3.8) is 0 Å². The number of carbonyl (C=O) groups excluding carboxylic acids is 2. The number of methoxy groups -OCH3 is 1. The third kappa shape index (κ3) is 4.41. The SMILES string of the molecule is CCOC(=O)C(=CNc1cc2ccc(OC)cc2oc1=O)C(=O)OCC. The van der Waals surface area contributed by atoms with E-state index in [1.807, 2.05) is 0 Å². The normalized spacial score (nSPS) is 10.1. The van der Waals surface area contributed by atoms with Gasteiger partial charge in [-0.1, -0.05) is 0 Å². The van der Waals surface area contributed by atoms with E-state index in [4.69, 9.17) is 18.6 Å². The molecule has 0 saturated carbocycles. The van der Waals surface area contributed by atoms with Gasteiger partial charge in [-0.05, 0) is 32.0 Å². The lowest BCUT2D eigenvalue weighted by molar-refractivity contribution is -0.146. The van der Waals surface area contributed by atoms with Crippen molar-refractivity contribution in [3.05, 3.63) is 46.5 Å². The van der Waals surface area contributed by atoms with Crippen molar-refractivity contribution < 1.29 is 28.2 Å². The second-order valence-corrected chi connectivity index (χ2v) is 4.99. The number of rotatable bonds is 7. The molecule has 0 spiro atoms. The van der Waals surface area contributed by atoms with Crippen molar-refractivity contribution in [3.8, 4) is 5.75 Å². The van der Waals surface area contributed by atoms with Crippen molar-refractivity contribution in [1.29, 1.82) is 0 Å². The summed E-state index contributed by atoms with van der Waals surface area (Å²) in [6, 6.07) is 6.54. The number of benzene rings is 1. The minimum absolute atomic E-state index is 0.0498. The van der Waals surface area contributed by atoms with Crippen molar-refractivity contribution in [1.82, 2.24) is 0 Å². The fraction of sp³-hybridized carbons (Fsp3) is 0.278. The van der Waals surface area contributed by atoms with Crippen LogP contribution in [0.15, 0.2) is 45.3 Å². The first kappa shape index (κ1) is 19.0. The molecule has 26 heavy (non-hydrogen) atoms. The lowest BCUT2D eigenvalue weighted by Crippen LogP contribution is -2.20. The summed E-state index contributed by atoms with van der Waals surface area (Å²) in [5.41, 5.74) is -0.634. The van der Waals surface area contributed by atoms with E-state index in [0.29, 0.717) is 16.7 Å². The largest absolute Gasteiger partial charge is 0.497 e. The molecule has 0 bridgehead atoms. The average Bonchev–Trinajstić information content (AvgIpc) is 2.62. The van der Waals surface area contributed by atoms with Crippen molar-refractivity contribution in [2.24, 2.45) is 0 Å². The molecule has 0 aliphatic carbocycles. The van der Waals surface area contributed by atoms with Crippen LogP contribution in [0.3, 0.4) is 0 Å². The summed E-state index contributed by atoms with van der Waals surface area (Å²) in [7, 11) is 1.51. The summed E-state index contributed by atoms with van der Waals surface area (Å²) in [4.78, 5) is 35.9. The molecule has 138 valence electrons. The van der Waals surface area contributed by atoms with Crippen molar-refractivity contribution >= 4 is 28.6 Å². The van der Waals surface area contributed by atoms with Gasteiger partial charge in [0.2, 0.25) is 0 Å². The molecular formula is C18H19NO7. The first-order chi connectivity index (χ1) is 12.5. The number of nitrogens with one attached hydrogen (secondary N) is 1. The highest BCUT2D eigenvalue weighted by atomic mass is 16.6. The van der Waals surface area contributed by atoms with Crippen LogP contribution in [0.25, 0.3) is 11.0 Å². The lowest BCUT2D eigenvalue weighted by Gasteiger charge is -2.08. The van der Waals surface area contributed by atoms with E-state index in [0.717, 1.165) is 6.20 Å². The third-order valence-electron chi connectivity index (χ3n) is 3.31. The Morgan fingerprint density at radius 2 is 1.77 bits per heavy atom. The highest BCUT2D eigenvalue weighted by Gasteiger charge is 2.21. The Kier molecular flexibility index (Phi) is 6.37. The first-order valence-corrected chi connectivity index (χ1v) is 7.93. The first-order valence-electron chi connectivity index (χ1n) is 7.93. The van der Waals surface area contributed by atoms with Gasteiger partial charge in [-0.25, -0.2) is 14.4 Å². The van der Waals surface area contributed by atoms with Crippen LogP contribution in [0.5, 0.6) is 5.75 Å². The standard InChI is InChI=1S/C18H19NO7/c1-4-24-16(20)13(17(21)25-5-2)10-19-14-8-11-6-7-12(23-3)9-15(11)26-18(14)22/h6-10,19H,4-5H2,1-3H3. The Hall–Kier alpha value is -3.29. The monoisotopic (exact) mass is 361 g/mol. The quantitative estimate of drug-likeness (QED) is 0.263. The van der Waals surface area contributed by atoms with Gasteiger partial charge in [0.15, 0.2) is 5.57 Å². The molecule has 2 rings (SSSR count). The maximum Gasteiger partial charge on any atom is 0.360 e. The molecule has 1 N–H and O–H groups in total. The van der Waals surface area contributed by atoms with Gasteiger partial charge in [-0.2, -0.15) is 0 Å².